The van der Waals surface area contributed by atoms with E-state index in [4.69, 9.17) is 4.74 Å². The summed E-state index contributed by atoms with van der Waals surface area (Å²) in [5, 5.41) is 20.2. The van der Waals surface area contributed by atoms with Crippen LogP contribution in [0.2, 0.25) is 0 Å². The number of carbonyl (C=O) groups is 1. The molecular formula is C34H33N3O5. The average molecular weight is 564 g/mol. The minimum atomic E-state index is -1.46. The van der Waals surface area contributed by atoms with Crippen LogP contribution in [0.5, 0.6) is 11.5 Å². The lowest BCUT2D eigenvalue weighted by Gasteiger charge is -2.29. The second-order valence-corrected chi connectivity index (χ2v) is 11.8. The largest absolute Gasteiger partial charge is 0.506 e. The summed E-state index contributed by atoms with van der Waals surface area (Å²) in [6.07, 6.45) is 0. The highest BCUT2D eigenvalue weighted by molar-refractivity contribution is 5.92. The van der Waals surface area contributed by atoms with Crippen molar-refractivity contribution >= 4 is 11.7 Å². The standard InChI is InChI=1S/C34H33N3O5/c1-20-19-42-27-14-23(12-13-24(27)30-28(20)32(38)29(34(40)41)33(39)35-30)36-17-25-26(18-36)31(25)37(15-21-8-4-2-5-9-21)16-22-10-6-3-7-11-22/h2-14,20,25-26,31H,15-19H2,1H3,(H,40,41)(H2,35,38,39)/t20?,25-,26+,31?. The topological polar surface area (TPSA) is 106 Å². The smallest absolute Gasteiger partial charge is 0.345 e. The van der Waals surface area contributed by atoms with Gasteiger partial charge in [0.1, 0.15) is 11.5 Å². The van der Waals surface area contributed by atoms with Crippen LogP contribution >= 0.6 is 0 Å². The van der Waals surface area contributed by atoms with Crippen molar-refractivity contribution in [1.29, 1.82) is 0 Å². The third-order valence-corrected chi connectivity index (χ3v) is 9.05. The third-order valence-electron chi connectivity index (χ3n) is 9.05. The lowest BCUT2D eigenvalue weighted by atomic mass is 9.94. The summed E-state index contributed by atoms with van der Waals surface area (Å²) in [5.74, 6) is -0.479. The van der Waals surface area contributed by atoms with Crippen molar-refractivity contribution in [2.75, 3.05) is 24.6 Å². The summed E-state index contributed by atoms with van der Waals surface area (Å²) in [5.41, 5.74) is 3.68. The molecule has 4 atom stereocenters. The molecule has 2 unspecified atom stereocenters. The van der Waals surface area contributed by atoms with E-state index in [9.17, 15) is 19.8 Å². The number of carboxylic acids is 1. The van der Waals surface area contributed by atoms with E-state index in [-0.39, 0.29) is 12.5 Å². The molecule has 2 aliphatic heterocycles. The Labute approximate surface area is 243 Å². The number of aromatic hydroxyl groups is 1. The molecule has 1 saturated heterocycles. The average Bonchev–Trinajstić information content (AvgIpc) is 3.52. The fourth-order valence-electron chi connectivity index (χ4n) is 6.98. The molecule has 3 heterocycles. The number of nitrogens with zero attached hydrogens (tertiary/aromatic N) is 2. The van der Waals surface area contributed by atoms with E-state index in [1.807, 2.05) is 25.1 Å². The Kier molecular flexibility index (Phi) is 6.50. The van der Waals surface area contributed by atoms with Crippen LogP contribution in [-0.4, -0.2) is 51.8 Å². The number of fused-ring (bicyclic) bond motifs is 4. The van der Waals surface area contributed by atoms with Crippen molar-refractivity contribution in [3.8, 4) is 22.8 Å². The molecule has 1 saturated carbocycles. The molecule has 214 valence electrons. The first kappa shape index (κ1) is 26.3. The Hall–Kier alpha value is -4.56. The predicted molar refractivity (Wildman–Crippen MR) is 160 cm³/mol. The molecule has 1 aromatic heterocycles. The van der Waals surface area contributed by atoms with E-state index in [2.05, 4.69) is 75.4 Å². The zero-order valence-corrected chi connectivity index (χ0v) is 23.4. The van der Waals surface area contributed by atoms with Gasteiger partial charge in [-0.3, -0.25) is 9.69 Å². The molecule has 7 rings (SSSR count). The lowest BCUT2D eigenvalue weighted by molar-refractivity contribution is 0.0691. The number of hydrogen-bond donors (Lipinski definition) is 3. The maximum Gasteiger partial charge on any atom is 0.345 e. The number of H-pyrrole nitrogens is 1. The summed E-state index contributed by atoms with van der Waals surface area (Å²) < 4.78 is 6.15. The van der Waals surface area contributed by atoms with E-state index >= 15 is 0 Å². The molecule has 0 bridgehead atoms. The number of pyridine rings is 1. The Morgan fingerprint density at radius 2 is 1.60 bits per heavy atom. The van der Waals surface area contributed by atoms with Gasteiger partial charge in [-0.25, -0.2) is 4.79 Å². The molecule has 8 heteroatoms. The Morgan fingerprint density at radius 1 is 0.976 bits per heavy atom. The number of aromatic amines is 1. The van der Waals surface area contributed by atoms with Crippen molar-refractivity contribution in [3.63, 3.8) is 0 Å². The minimum absolute atomic E-state index is 0.253. The van der Waals surface area contributed by atoms with Crippen LogP contribution in [-0.2, 0) is 13.1 Å². The minimum Gasteiger partial charge on any atom is -0.506 e. The highest BCUT2D eigenvalue weighted by Gasteiger charge is 2.58. The first-order chi connectivity index (χ1) is 20.4. The molecule has 3 aromatic carbocycles. The molecule has 0 spiro atoms. The first-order valence-corrected chi connectivity index (χ1v) is 14.5. The summed E-state index contributed by atoms with van der Waals surface area (Å²) in [6, 6.07) is 27.8. The molecule has 4 aromatic rings. The molecule has 1 aliphatic carbocycles. The highest BCUT2D eigenvalue weighted by atomic mass is 16.5. The number of anilines is 1. The second-order valence-electron chi connectivity index (χ2n) is 11.8. The van der Waals surface area contributed by atoms with Gasteiger partial charge >= 0.3 is 5.97 Å². The molecule has 42 heavy (non-hydrogen) atoms. The third kappa shape index (κ3) is 4.61. The lowest BCUT2D eigenvalue weighted by Crippen LogP contribution is -2.34. The van der Waals surface area contributed by atoms with Crippen molar-refractivity contribution in [3.05, 3.63) is 111 Å². The van der Waals surface area contributed by atoms with Gasteiger partial charge in [-0.05, 0) is 35.1 Å². The van der Waals surface area contributed by atoms with E-state index in [1.165, 1.54) is 11.1 Å². The van der Waals surface area contributed by atoms with Gasteiger partial charge in [0.2, 0.25) is 0 Å². The SMILES string of the molecule is CC1COc2cc(N3C[C@@H]4C(N(Cc5ccccc5)Cc5ccccc5)[C@@H]4C3)ccc2-c2[nH]c(=O)c(C(=O)O)c(O)c21. The van der Waals surface area contributed by atoms with E-state index in [1.54, 1.807) is 0 Å². The van der Waals surface area contributed by atoms with Gasteiger partial charge in [0.15, 0.2) is 5.56 Å². The molecule has 8 nitrogen and oxygen atoms in total. The maximum atomic E-state index is 12.6. The van der Waals surface area contributed by atoms with Crippen LogP contribution in [0, 0.1) is 11.8 Å². The van der Waals surface area contributed by atoms with Crippen LogP contribution in [0.15, 0.2) is 83.7 Å². The second kappa shape index (κ2) is 10.4. The van der Waals surface area contributed by atoms with Gasteiger partial charge < -0.3 is 24.8 Å². The van der Waals surface area contributed by atoms with Gasteiger partial charge in [0.25, 0.3) is 5.56 Å². The number of carboxylic acid groups (broad SMARTS) is 1. The first-order valence-electron chi connectivity index (χ1n) is 14.5. The molecule has 0 amide bonds. The van der Waals surface area contributed by atoms with Crippen LogP contribution < -0.4 is 15.2 Å². The monoisotopic (exact) mass is 563 g/mol. The molecular weight excluding hydrogens is 530 g/mol. The predicted octanol–water partition coefficient (Wildman–Crippen LogP) is 5.08. The Bertz CT molecular complexity index is 1650. The van der Waals surface area contributed by atoms with E-state index < -0.39 is 22.8 Å². The van der Waals surface area contributed by atoms with Crippen LogP contribution in [0.4, 0.5) is 5.69 Å². The van der Waals surface area contributed by atoms with E-state index in [0.29, 0.717) is 40.4 Å². The Balaban J connectivity index is 1.12. The fraction of sp³-hybridized carbons (Fsp3) is 0.294. The quantitative estimate of drug-likeness (QED) is 0.288. The van der Waals surface area contributed by atoms with Gasteiger partial charge in [-0.2, -0.15) is 0 Å². The summed E-state index contributed by atoms with van der Waals surface area (Å²) >= 11 is 0. The number of ether oxygens (including phenoxy) is 1. The normalized spacial score (nSPS) is 22.1. The van der Waals surface area contributed by atoms with Crippen LogP contribution in [0.3, 0.4) is 0 Å². The van der Waals surface area contributed by atoms with Crippen molar-refractivity contribution in [1.82, 2.24) is 9.88 Å². The number of piperidine rings is 1. The molecule has 0 radical (unpaired) electrons. The number of aromatic carboxylic acids is 1. The summed E-state index contributed by atoms with van der Waals surface area (Å²) in [7, 11) is 0. The van der Waals surface area contributed by atoms with Crippen molar-refractivity contribution < 1.29 is 19.7 Å². The maximum absolute atomic E-state index is 12.6. The highest BCUT2D eigenvalue weighted by Crippen LogP contribution is 2.52. The number of benzene rings is 3. The zero-order chi connectivity index (χ0) is 29.0. The van der Waals surface area contributed by atoms with Crippen LogP contribution in [0.25, 0.3) is 11.3 Å². The Morgan fingerprint density at radius 3 is 2.19 bits per heavy atom. The number of aromatic nitrogens is 1. The van der Waals surface area contributed by atoms with Gasteiger partial charge in [0, 0.05) is 61.0 Å². The number of nitrogens with one attached hydrogen (secondary N) is 1. The van der Waals surface area contributed by atoms with Gasteiger partial charge in [-0.1, -0.05) is 67.6 Å². The van der Waals surface area contributed by atoms with Crippen molar-refractivity contribution in [2.24, 2.45) is 11.8 Å². The number of hydrogen-bond acceptors (Lipinski definition) is 6. The summed E-state index contributed by atoms with van der Waals surface area (Å²) in [4.78, 5) is 31.9. The molecule has 2 fully saturated rings. The number of rotatable bonds is 7. The molecule has 3 N–H and O–H groups in total. The van der Waals surface area contributed by atoms with Gasteiger partial charge in [0.05, 0.1) is 12.3 Å². The zero-order valence-electron chi connectivity index (χ0n) is 23.4. The summed E-state index contributed by atoms with van der Waals surface area (Å²) in [6.45, 7) is 5.86. The fourth-order valence-corrected chi connectivity index (χ4v) is 6.98. The van der Waals surface area contributed by atoms with E-state index in [0.717, 1.165) is 31.9 Å². The molecule has 3 aliphatic rings. The van der Waals surface area contributed by atoms with Crippen molar-refractivity contribution in [2.45, 2.75) is 32.0 Å². The van der Waals surface area contributed by atoms with Gasteiger partial charge in [-0.15, -0.1) is 0 Å². The van der Waals surface area contributed by atoms with Crippen LogP contribution in [0.1, 0.15) is 39.9 Å².